The standard InChI is InChI=1S/C23H21F3N4O2/c1-15-21(17-5-3-2-4-6-17)22-28-19(11-20(31)30(22)29-15)12-27-14-32-13-16-7-9-18(10-8-16)23(24,25)26/h2-11,27-28H,12-14H2,1H3. The van der Waals surface area contributed by atoms with Crippen molar-refractivity contribution in [3.05, 3.63) is 93.5 Å². The Hall–Kier alpha value is -3.43. The van der Waals surface area contributed by atoms with Crippen LogP contribution in [0.15, 0.2) is 65.5 Å². The van der Waals surface area contributed by atoms with Crippen molar-refractivity contribution in [1.82, 2.24) is 19.9 Å². The Morgan fingerprint density at radius 3 is 2.50 bits per heavy atom. The number of hydrogen-bond acceptors (Lipinski definition) is 4. The first kappa shape index (κ1) is 21.8. The number of benzene rings is 2. The molecule has 9 heteroatoms. The molecule has 0 bridgehead atoms. The average Bonchev–Trinajstić information content (AvgIpc) is 3.10. The highest BCUT2D eigenvalue weighted by Gasteiger charge is 2.29. The molecule has 2 heterocycles. The van der Waals surface area contributed by atoms with Crippen molar-refractivity contribution in [3.63, 3.8) is 0 Å². The third kappa shape index (κ3) is 4.74. The van der Waals surface area contributed by atoms with Crippen LogP contribution in [0.3, 0.4) is 0 Å². The van der Waals surface area contributed by atoms with E-state index in [4.69, 9.17) is 4.74 Å². The van der Waals surface area contributed by atoms with Crippen LogP contribution >= 0.6 is 0 Å². The zero-order valence-electron chi connectivity index (χ0n) is 17.2. The number of nitrogens with one attached hydrogen (secondary N) is 2. The van der Waals surface area contributed by atoms with Gasteiger partial charge in [-0.15, -0.1) is 0 Å². The highest BCUT2D eigenvalue weighted by atomic mass is 19.4. The lowest BCUT2D eigenvalue weighted by Crippen LogP contribution is -2.22. The minimum atomic E-state index is -4.35. The zero-order valence-corrected chi connectivity index (χ0v) is 17.2. The molecule has 2 aromatic heterocycles. The summed E-state index contributed by atoms with van der Waals surface area (Å²) in [6, 6.07) is 16.0. The van der Waals surface area contributed by atoms with Crippen molar-refractivity contribution >= 4 is 5.65 Å². The van der Waals surface area contributed by atoms with Gasteiger partial charge >= 0.3 is 6.18 Å². The molecule has 0 saturated carbocycles. The van der Waals surface area contributed by atoms with Gasteiger partial charge in [-0.1, -0.05) is 42.5 Å². The largest absolute Gasteiger partial charge is 0.416 e. The number of aromatic nitrogens is 3. The van der Waals surface area contributed by atoms with Crippen molar-refractivity contribution in [1.29, 1.82) is 0 Å². The van der Waals surface area contributed by atoms with Crippen molar-refractivity contribution in [3.8, 4) is 11.1 Å². The lowest BCUT2D eigenvalue weighted by Gasteiger charge is -2.09. The Labute approximate surface area is 181 Å². The van der Waals surface area contributed by atoms with Crippen molar-refractivity contribution in [2.45, 2.75) is 26.3 Å². The fourth-order valence-electron chi connectivity index (χ4n) is 3.46. The van der Waals surface area contributed by atoms with E-state index in [1.165, 1.54) is 22.7 Å². The quantitative estimate of drug-likeness (QED) is 0.331. The number of rotatable bonds is 7. The number of ether oxygens (including phenoxy) is 1. The molecule has 0 aliphatic rings. The van der Waals surface area contributed by atoms with Gasteiger partial charge in [0.05, 0.1) is 24.6 Å². The molecule has 0 amide bonds. The van der Waals surface area contributed by atoms with Gasteiger partial charge < -0.3 is 9.72 Å². The maximum atomic E-state index is 12.6. The Morgan fingerprint density at radius 2 is 1.81 bits per heavy atom. The Kier molecular flexibility index (Phi) is 6.11. The van der Waals surface area contributed by atoms with E-state index >= 15 is 0 Å². The van der Waals surface area contributed by atoms with Crippen LogP contribution in [0.2, 0.25) is 0 Å². The Balaban J connectivity index is 1.39. The van der Waals surface area contributed by atoms with E-state index in [1.54, 1.807) is 0 Å². The first-order valence-corrected chi connectivity index (χ1v) is 9.94. The van der Waals surface area contributed by atoms with Crippen LogP contribution in [0.4, 0.5) is 13.2 Å². The summed E-state index contributed by atoms with van der Waals surface area (Å²) in [5.41, 5.74) is 3.55. The van der Waals surface area contributed by atoms with E-state index in [1.807, 2.05) is 37.3 Å². The molecule has 166 valence electrons. The van der Waals surface area contributed by atoms with Gasteiger partial charge in [0.2, 0.25) is 0 Å². The molecular formula is C23H21F3N4O2. The summed E-state index contributed by atoms with van der Waals surface area (Å²) in [6.45, 7) is 2.53. The second kappa shape index (κ2) is 8.97. The Bertz CT molecular complexity index is 1260. The summed E-state index contributed by atoms with van der Waals surface area (Å²) in [5.74, 6) is 0. The van der Waals surface area contributed by atoms with Gasteiger partial charge in [0.15, 0.2) is 0 Å². The van der Waals surface area contributed by atoms with Gasteiger partial charge in [-0.3, -0.25) is 10.1 Å². The topological polar surface area (TPSA) is 71.4 Å². The zero-order chi connectivity index (χ0) is 22.7. The van der Waals surface area contributed by atoms with Gasteiger partial charge in [0, 0.05) is 23.9 Å². The maximum Gasteiger partial charge on any atom is 0.416 e. The highest BCUT2D eigenvalue weighted by Crippen LogP contribution is 2.29. The molecule has 32 heavy (non-hydrogen) atoms. The van der Waals surface area contributed by atoms with Gasteiger partial charge in [-0.25, -0.2) is 0 Å². The van der Waals surface area contributed by atoms with Crippen molar-refractivity contribution < 1.29 is 17.9 Å². The number of hydrogen-bond donors (Lipinski definition) is 2. The fraction of sp³-hybridized carbons (Fsp3) is 0.217. The SMILES string of the molecule is Cc1nn2c(=O)cc(CNCOCc3ccc(C(F)(F)F)cc3)[nH]c2c1-c1ccccc1. The van der Waals surface area contributed by atoms with Crippen LogP contribution in [-0.2, 0) is 24.1 Å². The molecule has 0 aliphatic carbocycles. The summed E-state index contributed by atoms with van der Waals surface area (Å²) < 4.78 is 44.7. The summed E-state index contributed by atoms with van der Waals surface area (Å²) >= 11 is 0. The van der Waals surface area contributed by atoms with Crippen LogP contribution in [0, 0.1) is 6.92 Å². The minimum absolute atomic E-state index is 0.165. The summed E-state index contributed by atoms with van der Waals surface area (Å²) in [4.78, 5) is 15.8. The first-order valence-electron chi connectivity index (χ1n) is 9.94. The van der Waals surface area contributed by atoms with E-state index in [0.717, 1.165) is 29.0 Å². The smallest absolute Gasteiger partial charge is 0.362 e. The molecule has 0 aliphatic heterocycles. The van der Waals surface area contributed by atoms with E-state index in [-0.39, 0.29) is 18.9 Å². The molecule has 2 N–H and O–H groups in total. The van der Waals surface area contributed by atoms with Crippen molar-refractivity contribution in [2.24, 2.45) is 0 Å². The van der Waals surface area contributed by atoms with Crippen molar-refractivity contribution in [2.75, 3.05) is 6.73 Å². The summed E-state index contributed by atoms with van der Waals surface area (Å²) in [7, 11) is 0. The third-order valence-corrected chi connectivity index (χ3v) is 4.98. The second-order valence-electron chi connectivity index (χ2n) is 7.33. The van der Waals surface area contributed by atoms with E-state index < -0.39 is 11.7 Å². The number of aryl methyl sites for hydroxylation is 1. The number of fused-ring (bicyclic) bond motifs is 1. The monoisotopic (exact) mass is 442 g/mol. The van der Waals surface area contributed by atoms with Gasteiger partial charge in [-0.2, -0.15) is 22.8 Å². The molecule has 0 unspecified atom stereocenters. The number of nitrogens with zero attached hydrogens (tertiary/aromatic N) is 2. The molecular weight excluding hydrogens is 421 g/mol. The third-order valence-electron chi connectivity index (χ3n) is 4.98. The van der Waals surface area contributed by atoms with E-state index in [2.05, 4.69) is 15.4 Å². The molecule has 4 aromatic rings. The fourth-order valence-corrected chi connectivity index (χ4v) is 3.46. The van der Waals surface area contributed by atoms with Crippen LogP contribution < -0.4 is 10.9 Å². The molecule has 0 spiro atoms. The summed E-state index contributed by atoms with van der Waals surface area (Å²) in [6.07, 6.45) is -4.35. The highest BCUT2D eigenvalue weighted by molar-refractivity contribution is 5.79. The molecule has 6 nitrogen and oxygen atoms in total. The average molecular weight is 442 g/mol. The molecule has 4 rings (SSSR count). The van der Waals surface area contributed by atoms with Gasteiger partial charge in [0.1, 0.15) is 5.65 Å². The molecule has 0 radical (unpaired) electrons. The number of alkyl halides is 3. The second-order valence-corrected chi connectivity index (χ2v) is 7.33. The van der Waals surface area contributed by atoms with E-state index in [9.17, 15) is 18.0 Å². The number of aromatic amines is 1. The van der Waals surface area contributed by atoms with Gasteiger partial charge in [0.25, 0.3) is 5.56 Å². The maximum absolute atomic E-state index is 12.6. The summed E-state index contributed by atoms with van der Waals surface area (Å²) in [5, 5.41) is 7.42. The number of halogens is 3. The van der Waals surface area contributed by atoms with Gasteiger partial charge in [-0.05, 0) is 30.2 Å². The predicted octanol–water partition coefficient (Wildman–Crippen LogP) is 4.28. The Morgan fingerprint density at radius 1 is 1.09 bits per heavy atom. The lowest BCUT2D eigenvalue weighted by molar-refractivity contribution is -0.137. The van der Waals surface area contributed by atoms with Crippen LogP contribution in [-0.4, -0.2) is 21.3 Å². The lowest BCUT2D eigenvalue weighted by atomic mass is 10.1. The first-order chi connectivity index (χ1) is 15.3. The predicted molar refractivity (Wildman–Crippen MR) is 114 cm³/mol. The molecule has 0 atom stereocenters. The molecule has 0 fully saturated rings. The van der Waals surface area contributed by atoms with Crippen LogP contribution in [0.5, 0.6) is 0 Å². The number of H-pyrrole nitrogens is 1. The molecule has 0 saturated heterocycles. The molecule has 2 aromatic carbocycles. The van der Waals surface area contributed by atoms with E-state index in [0.29, 0.717) is 23.4 Å². The van der Waals surface area contributed by atoms with Crippen LogP contribution in [0.25, 0.3) is 16.8 Å². The minimum Gasteiger partial charge on any atom is -0.362 e. The van der Waals surface area contributed by atoms with Crippen LogP contribution in [0.1, 0.15) is 22.5 Å². The normalized spacial score (nSPS) is 11.9.